The second kappa shape index (κ2) is 13.9. The molecule has 0 saturated heterocycles. The van der Waals surface area contributed by atoms with Gasteiger partial charge in [0.2, 0.25) is 0 Å². The lowest BCUT2D eigenvalue weighted by Gasteiger charge is -1.99. The summed E-state index contributed by atoms with van der Waals surface area (Å²) in [4.78, 5) is 109. The van der Waals surface area contributed by atoms with Crippen LogP contribution < -0.4 is 33.4 Å². The second-order valence-corrected chi connectivity index (χ2v) is 9.58. The standard InChI is InChI=1S/3C9H4N4O4/c3*10-3-4-1-5-6(2-7(4)13(16)17)12-9(15)8(14)11-5/h3*1-2H,(H,11,14)(H,12,15). The Balaban J connectivity index is 0.000000172. The largest absolute Gasteiger partial charge is 0.316 e. The molecule has 24 nitrogen and oxygen atoms in total. The van der Waals surface area contributed by atoms with E-state index in [0.717, 1.165) is 36.4 Å². The van der Waals surface area contributed by atoms with Crippen LogP contribution in [-0.2, 0) is 0 Å². The van der Waals surface area contributed by atoms with Gasteiger partial charge in [-0.25, -0.2) is 0 Å². The maximum absolute atomic E-state index is 11.0. The molecule has 0 radical (unpaired) electrons. The molecule has 3 aromatic carbocycles. The molecule has 6 rings (SSSR count). The zero-order valence-electron chi connectivity index (χ0n) is 24.5. The van der Waals surface area contributed by atoms with Crippen molar-refractivity contribution in [1.29, 1.82) is 15.8 Å². The number of aromatic amines is 6. The van der Waals surface area contributed by atoms with Crippen molar-refractivity contribution in [1.82, 2.24) is 29.9 Å². The molecule has 6 N–H and O–H groups in total. The van der Waals surface area contributed by atoms with Crippen molar-refractivity contribution >= 4 is 50.2 Å². The van der Waals surface area contributed by atoms with Crippen LogP contribution in [0.5, 0.6) is 0 Å². The molecule has 0 aliphatic heterocycles. The third-order valence-corrected chi connectivity index (χ3v) is 6.47. The molecular weight excluding hydrogens is 684 g/mol. The van der Waals surface area contributed by atoms with Crippen LogP contribution in [0.25, 0.3) is 33.1 Å². The van der Waals surface area contributed by atoms with Gasteiger partial charge >= 0.3 is 33.4 Å². The lowest BCUT2D eigenvalue weighted by Crippen LogP contribution is -2.28. The van der Waals surface area contributed by atoms with Crippen molar-refractivity contribution in [3.8, 4) is 18.2 Å². The third-order valence-electron chi connectivity index (χ3n) is 6.47. The number of nitriles is 3. The minimum Gasteiger partial charge on any atom is -0.316 e. The molecule has 0 amide bonds. The van der Waals surface area contributed by atoms with E-state index in [-0.39, 0.29) is 49.8 Å². The number of H-pyrrole nitrogens is 6. The molecule has 3 aromatic heterocycles. The molecule has 6 aromatic rings. The number of nitro groups is 3. The highest BCUT2D eigenvalue weighted by Gasteiger charge is 2.18. The van der Waals surface area contributed by atoms with E-state index in [0.29, 0.717) is 0 Å². The van der Waals surface area contributed by atoms with Crippen molar-refractivity contribution in [3.05, 3.63) is 146 Å². The fourth-order valence-electron chi connectivity index (χ4n) is 4.18. The van der Waals surface area contributed by atoms with Crippen LogP contribution in [0.3, 0.4) is 0 Å². The monoisotopic (exact) mass is 696 g/mol. The van der Waals surface area contributed by atoms with Crippen LogP contribution in [0.2, 0.25) is 0 Å². The van der Waals surface area contributed by atoms with Gasteiger partial charge in [-0.2, -0.15) is 15.8 Å². The first-order chi connectivity index (χ1) is 24.1. The molecule has 0 aliphatic carbocycles. The molecule has 51 heavy (non-hydrogen) atoms. The van der Waals surface area contributed by atoms with Gasteiger partial charge in [0.15, 0.2) is 0 Å². The first-order valence-corrected chi connectivity index (χ1v) is 13.1. The van der Waals surface area contributed by atoms with E-state index in [9.17, 15) is 59.1 Å². The Bertz CT molecular complexity index is 2660. The van der Waals surface area contributed by atoms with Crippen molar-refractivity contribution in [2.24, 2.45) is 0 Å². The molecule has 0 fully saturated rings. The normalized spacial score (nSPS) is 10.1. The molecule has 0 saturated carbocycles. The van der Waals surface area contributed by atoms with Gasteiger partial charge in [0.25, 0.3) is 17.1 Å². The van der Waals surface area contributed by atoms with Crippen LogP contribution in [0.15, 0.2) is 65.2 Å². The Hall–Kier alpha value is -8.85. The Kier molecular flexibility index (Phi) is 9.52. The summed E-state index contributed by atoms with van der Waals surface area (Å²) in [5, 5.41) is 58.2. The van der Waals surface area contributed by atoms with E-state index in [1.165, 1.54) is 0 Å². The summed E-state index contributed by atoms with van der Waals surface area (Å²) in [5.74, 6) is 0. The average molecular weight is 696 g/mol. The number of nitrogens with zero attached hydrogens (tertiary/aromatic N) is 6. The van der Waals surface area contributed by atoms with E-state index in [1.807, 2.05) is 0 Å². The van der Waals surface area contributed by atoms with E-state index < -0.39 is 65.2 Å². The van der Waals surface area contributed by atoms with Crippen molar-refractivity contribution < 1.29 is 14.8 Å². The van der Waals surface area contributed by atoms with Crippen LogP contribution in [-0.4, -0.2) is 44.7 Å². The number of benzene rings is 3. The number of nitrogens with one attached hydrogen (secondary N) is 6. The summed E-state index contributed by atoms with van der Waals surface area (Å²) in [6, 6.07) is 11.5. The Morgan fingerprint density at radius 1 is 0.392 bits per heavy atom. The first kappa shape index (κ1) is 35.0. The second-order valence-electron chi connectivity index (χ2n) is 9.58. The zero-order valence-corrected chi connectivity index (χ0v) is 24.5. The highest BCUT2D eigenvalue weighted by atomic mass is 16.6. The highest BCUT2D eigenvalue weighted by Crippen LogP contribution is 2.23. The summed E-state index contributed by atoms with van der Waals surface area (Å²) >= 11 is 0. The maximum atomic E-state index is 11.0. The lowest BCUT2D eigenvalue weighted by atomic mass is 10.1. The van der Waals surface area contributed by atoms with Gasteiger partial charge < -0.3 is 29.9 Å². The number of nitro benzene ring substituents is 3. The molecule has 252 valence electrons. The molecule has 0 aliphatic rings. The number of hydrogen-bond donors (Lipinski definition) is 6. The van der Waals surface area contributed by atoms with E-state index in [1.54, 1.807) is 18.2 Å². The van der Waals surface area contributed by atoms with Crippen molar-refractivity contribution in [2.75, 3.05) is 0 Å². The van der Waals surface area contributed by atoms with Crippen LogP contribution in [0, 0.1) is 64.3 Å². The van der Waals surface area contributed by atoms with E-state index >= 15 is 0 Å². The van der Waals surface area contributed by atoms with Gasteiger partial charge in [0.1, 0.15) is 34.9 Å². The Morgan fingerprint density at radius 2 is 0.569 bits per heavy atom. The average Bonchev–Trinajstić information content (AvgIpc) is 3.08. The highest BCUT2D eigenvalue weighted by molar-refractivity contribution is 5.81. The van der Waals surface area contributed by atoms with Gasteiger partial charge in [0, 0.05) is 18.2 Å². The Labute approximate surface area is 274 Å². The molecule has 0 atom stereocenters. The molecular formula is C27H12N12O12. The minimum absolute atomic E-state index is 0.0975. The first-order valence-electron chi connectivity index (χ1n) is 13.1. The summed E-state index contributed by atoms with van der Waals surface area (Å²) in [6.45, 7) is 0. The SMILES string of the molecule is N#Cc1cc2[nH]c(=O)c(=O)[nH]c2cc1[N+](=O)[O-].N#Cc1cc2[nH]c(=O)c(=O)[nH]c2cc1[N+](=O)[O-].N#Cc1cc2[nH]c(=O)c(=O)[nH]c2cc1[N+](=O)[O-]. The fraction of sp³-hybridized carbons (Fsp3) is 0. The maximum Gasteiger partial charge on any atom is 0.314 e. The molecule has 24 heteroatoms. The molecule has 0 unspecified atom stereocenters. The summed E-state index contributed by atoms with van der Waals surface area (Å²) in [5.41, 5.74) is -6.43. The smallest absolute Gasteiger partial charge is 0.314 e. The zero-order chi connectivity index (χ0) is 37.7. The number of hydrogen-bond acceptors (Lipinski definition) is 15. The number of fused-ring (bicyclic) bond motifs is 3. The topological polar surface area (TPSA) is 398 Å². The summed E-state index contributed by atoms with van der Waals surface area (Å²) in [7, 11) is 0. The van der Waals surface area contributed by atoms with Gasteiger partial charge in [-0.3, -0.25) is 59.1 Å². The number of rotatable bonds is 3. The predicted octanol–water partition coefficient (Wildman–Crippen LogP) is -0.0112. The van der Waals surface area contributed by atoms with Crippen LogP contribution in [0.4, 0.5) is 17.1 Å². The van der Waals surface area contributed by atoms with Gasteiger partial charge in [-0.15, -0.1) is 0 Å². The van der Waals surface area contributed by atoms with Gasteiger partial charge in [-0.1, -0.05) is 0 Å². The van der Waals surface area contributed by atoms with Crippen molar-refractivity contribution in [3.63, 3.8) is 0 Å². The quantitative estimate of drug-likeness (QED) is 0.0804. The van der Waals surface area contributed by atoms with E-state index in [4.69, 9.17) is 15.8 Å². The van der Waals surface area contributed by atoms with Gasteiger partial charge in [-0.05, 0) is 18.2 Å². The minimum atomic E-state index is -0.906. The summed E-state index contributed by atoms with van der Waals surface area (Å²) in [6.07, 6.45) is 0. The Morgan fingerprint density at radius 3 is 0.725 bits per heavy atom. The molecule has 0 bridgehead atoms. The molecule has 0 spiro atoms. The fourth-order valence-corrected chi connectivity index (χ4v) is 4.18. The summed E-state index contributed by atoms with van der Waals surface area (Å²) < 4.78 is 0. The number of aromatic nitrogens is 6. The third kappa shape index (κ3) is 7.27. The van der Waals surface area contributed by atoms with Crippen LogP contribution >= 0.6 is 0 Å². The molecule has 3 heterocycles. The van der Waals surface area contributed by atoms with E-state index in [2.05, 4.69) is 29.9 Å². The predicted molar refractivity (Wildman–Crippen MR) is 170 cm³/mol. The lowest BCUT2D eigenvalue weighted by molar-refractivity contribution is -0.385. The van der Waals surface area contributed by atoms with Crippen LogP contribution in [0.1, 0.15) is 16.7 Å². The van der Waals surface area contributed by atoms with Gasteiger partial charge in [0.05, 0.1) is 47.9 Å². The van der Waals surface area contributed by atoms with Crippen molar-refractivity contribution in [2.45, 2.75) is 0 Å².